The van der Waals surface area contributed by atoms with Gasteiger partial charge < -0.3 is 9.78 Å². The molecule has 0 spiro atoms. The van der Waals surface area contributed by atoms with Crippen molar-refractivity contribution in [1.29, 1.82) is 0 Å². The third-order valence-corrected chi connectivity index (χ3v) is 2.44. The van der Waals surface area contributed by atoms with E-state index in [0.29, 0.717) is 23.9 Å². The number of ketones is 1. The Morgan fingerprint density at radius 3 is 3.00 bits per heavy atom. The highest BCUT2D eigenvalue weighted by atomic mass is 16.1. The SMILES string of the molecule is CC(=O)c1cccc2[nH]c(CCC=O)nc12. The van der Waals surface area contributed by atoms with Gasteiger partial charge in [-0.1, -0.05) is 6.07 Å². The molecule has 4 heteroatoms. The summed E-state index contributed by atoms with van der Waals surface area (Å²) in [6, 6.07) is 5.45. The first kappa shape index (κ1) is 10.5. The van der Waals surface area contributed by atoms with E-state index in [1.54, 1.807) is 6.07 Å². The summed E-state index contributed by atoms with van der Waals surface area (Å²) in [5.41, 5.74) is 2.15. The van der Waals surface area contributed by atoms with Crippen molar-refractivity contribution >= 4 is 23.1 Å². The number of Topliss-reactive ketones (excluding diaryl/α,β-unsaturated/α-hetero) is 1. The summed E-state index contributed by atoms with van der Waals surface area (Å²) in [5, 5.41) is 0. The monoisotopic (exact) mass is 216 g/mol. The Bertz CT molecular complexity index is 543. The number of nitrogens with one attached hydrogen (secondary N) is 1. The Kier molecular flexibility index (Phi) is 2.81. The molecule has 0 atom stereocenters. The molecule has 0 aliphatic carbocycles. The number of imidazole rings is 1. The summed E-state index contributed by atoms with van der Waals surface area (Å²) >= 11 is 0. The van der Waals surface area contributed by atoms with E-state index >= 15 is 0 Å². The van der Waals surface area contributed by atoms with Crippen LogP contribution in [0.2, 0.25) is 0 Å². The van der Waals surface area contributed by atoms with Gasteiger partial charge in [0.25, 0.3) is 0 Å². The lowest BCUT2D eigenvalue weighted by atomic mass is 10.1. The molecule has 1 heterocycles. The van der Waals surface area contributed by atoms with Gasteiger partial charge in [-0.05, 0) is 19.1 Å². The second-order valence-electron chi connectivity index (χ2n) is 3.65. The number of rotatable bonds is 4. The largest absolute Gasteiger partial charge is 0.342 e. The van der Waals surface area contributed by atoms with Crippen molar-refractivity contribution in [3.63, 3.8) is 0 Å². The van der Waals surface area contributed by atoms with Crippen molar-refractivity contribution in [3.05, 3.63) is 29.6 Å². The van der Waals surface area contributed by atoms with Gasteiger partial charge in [-0.2, -0.15) is 0 Å². The molecular formula is C12H12N2O2. The van der Waals surface area contributed by atoms with Crippen molar-refractivity contribution in [1.82, 2.24) is 9.97 Å². The van der Waals surface area contributed by atoms with E-state index in [9.17, 15) is 9.59 Å². The molecule has 0 amide bonds. The fraction of sp³-hybridized carbons (Fsp3) is 0.250. The standard InChI is InChI=1S/C12H12N2O2/c1-8(16)9-4-2-5-10-12(9)14-11(13-10)6-3-7-15/h2,4-5,7H,3,6H2,1H3,(H,13,14). The summed E-state index contributed by atoms with van der Waals surface area (Å²) in [5.74, 6) is 0.745. The van der Waals surface area contributed by atoms with Crippen LogP contribution in [0.4, 0.5) is 0 Å². The molecule has 0 unspecified atom stereocenters. The summed E-state index contributed by atoms with van der Waals surface area (Å²) in [6.07, 6.45) is 1.88. The first-order chi connectivity index (χ1) is 7.72. The second-order valence-corrected chi connectivity index (χ2v) is 3.65. The number of nitrogens with zero attached hydrogens (tertiary/aromatic N) is 1. The molecule has 16 heavy (non-hydrogen) atoms. The van der Waals surface area contributed by atoms with Crippen molar-refractivity contribution in [2.24, 2.45) is 0 Å². The van der Waals surface area contributed by atoms with Gasteiger partial charge in [-0.15, -0.1) is 0 Å². The lowest BCUT2D eigenvalue weighted by Gasteiger charge is -1.94. The van der Waals surface area contributed by atoms with Crippen molar-refractivity contribution in [2.45, 2.75) is 19.8 Å². The zero-order chi connectivity index (χ0) is 11.5. The van der Waals surface area contributed by atoms with Crippen molar-refractivity contribution in [3.8, 4) is 0 Å². The zero-order valence-corrected chi connectivity index (χ0v) is 8.99. The van der Waals surface area contributed by atoms with E-state index in [1.165, 1.54) is 6.92 Å². The topological polar surface area (TPSA) is 62.8 Å². The highest BCUT2D eigenvalue weighted by Crippen LogP contribution is 2.17. The smallest absolute Gasteiger partial charge is 0.162 e. The Labute approximate surface area is 92.7 Å². The van der Waals surface area contributed by atoms with E-state index in [-0.39, 0.29) is 5.78 Å². The van der Waals surface area contributed by atoms with E-state index in [2.05, 4.69) is 9.97 Å². The van der Waals surface area contributed by atoms with Gasteiger partial charge in [0.2, 0.25) is 0 Å². The molecule has 0 radical (unpaired) electrons. The summed E-state index contributed by atoms with van der Waals surface area (Å²) in [4.78, 5) is 29.1. The van der Waals surface area contributed by atoms with Gasteiger partial charge in [0, 0.05) is 18.4 Å². The van der Waals surface area contributed by atoms with E-state index in [0.717, 1.165) is 17.6 Å². The predicted molar refractivity (Wildman–Crippen MR) is 60.5 cm³/mol. The van der Waals surface area contributed by atoms with Gasteiger partial charge >= 0.3 is 0 Å². The fourth-order valence-corrected chi connectivity index (χ4v) is 1.68. The van der Waals surface area contributed by atoms with Crippen LogP contribution in [0.25, 0.3) is 11.0 Å². The highest BCUT2D eigenvalue weighted by molar-refractivity contribution is 6.04. The highest BCUT2D eigenvalue weighted by Gasteiger charge is 2.09. The fourth-order valence-electron chi connectivity index (χ4n) is 1.68. The lowest BCUT2D eigenvalue weighted by molar-refractivity contribution is -0.107. The number of carbonyl (C=O) groups is 2. The minimum absolute atomic E-state index is 0.000891. The molecule has 2 aromatic rings. The third kappa shape index (κ3) is 1.86. The van der Waals surface area contributed by atoms with Crippen LogP contribution in [0.3, 0.4) is 0 Å². The molecule has 0 aliphatic heterocycles. The quantitative estimate of drug-likeness (QED) is 0.627. The number of aryl methyl sites for hydroxylation is 1. The van der Waals surface area contributed by atoms with Gasteiger partial charge in [0.1, 0.15) is 12.1 Å². The number of aromatic amines is 1. The zero-order valence-electron chi connectivity index (χ0n) is 8.99. The third-order valence-electron chi connectivity index (χ3n) is 2.44. The van der Waals surface area contributed by atoms with Gasteiger partial charge in [-0.25, -0.2) is 4.98 Å². The van der Waals surface area contributed by atoms with Crippen molar-refractivity contribution in [2.75, 3.05) is 0 Å². The average molecular weight is 216 g/mol. The Balaban J connectivity index is 2.48. The molecule has 82 valence electrons. The van der Waals surface area contributed by atoms with Crippen LogP contribution in [0, 0.1) is 0 Å². The Morgan fingerprint density at radius 2 is 2.31 bits per heavy atom. The average Bonchev–Trinajstić information content (AvgIpc) is 2.68. The first-order valence-electron chi connectivity index (χ1n) is 5.14. The maximum atomic E-state index is 11.4. The molecule has 4 nitrogen and oxygen atoms in total. The summed E-state index contributed by atoms with van der Waals surface area (Å²) < 4.78 is 0. The maximum Gasteiger partial charge on any atom is 0.162 e. The van der Waals surface area contributed by atoms with E-state index in [1.807, 2.05) is 12.1 Å². The molecule has 1 aromatic heterocycles. The number of aromatic nitrogens is 2. The molecule has 0 aliphatic rings. The van der Waals surface area contributed by atoms with Crippen LogP contribution < -0.4 is 0 Å². The molecule has 2 rings (SSSR count). The number of benzene rings is 1. The molecule has 0 bridgehead atoms. The molecule has 1 N–H and O–H groups in total. The molecule has 0 saturated heterocycles. The first-order valence-corrected chi connectivity index (χ1v) is 5.14. The number of hydrogen-bond acceptors (Lipinski definition) is 3. The van der Waals surface area contributed by atoms with Crippen molar-refractivity contribution < 1.29 is 9.59 Å². The van der Waals surface area contributed by atoms with Crippen LogP contribution in [-0.4, -0.2) is 22.0 Å². The normalized spacial score (nSPS) is 10.6. The number of fused-ring (bicyclic) bond motifs is 1. The molecule has 0 fully saturated rings. The molecule has 1 aromatic carbocycles. The number of para-hydroxylation sites is 1. The van der Waals surface area contributed by atoms with Crippen LogP contribution >= 0.6 is 0 Å². The van der Waals surface area contributed by atoms with Crippen LogP contribution in [0.15, 0.2) is 18.2 Å². The minimum Gasteiger partial charge on any atom is -0.342 e. The minimum atomic E-state index is -0.000891. The molecular weight excluding hydrogens is 204 g/mol. The van der Waals surface area contributed by atoms with Gasteiger partial charge in [0.05, 0.1) is 11.0 Å². The van der Waals surface area contributed by atoms with E-state index in [4.69, 9.17) is 0 Å². The van der Waals surface area contributed by atoms with Crippen LogP contribution in [0.1, 0.15) is 29.5 Å². The lowest BCUT2D eigenvalue weighted by Crippen LogP contribution is -1.93. The second kappa shape index (κ2) is 4.26. The Morgan fingerprint density at radius 1 is 1.50 bits per heavy atom. The van der Waals surface area contributed by atoms with E-state index < -0.39 is 0 Å². The maximum absolute atomic E-state index is 11.4. The summed E-state index contributed by atoms with van der Waals surface area (Å²) in [6.45, 7) is 1.52. The number of H-pyrrole nitrogens is 1. The Hall–Kier alpha value is -1.97. The van der Waals surface area contributed by atoms with Crippen LogP contribution in [-0.2, 0) is 11.2 Å². The number of aldehydes is 1. The van der Waals surface area contributed by atoms with Gasteiger partial charge in [-0.3, -0.25) is 4.79 Å². The predicted octanol–water partition coefficient (Wildman–Crippen LogP) is 1.90. The summed E-state index contributed by atoms with van der Waals surface area (Å²) in [7, 11) is 0. The number of hydrogen-bond donors (Lipinski definition) is 1. The number of carbonyl (C=O) groups excluding carboxylic acids is 2. The molecule has 0 saturated carbocycles. The van der Waals surface area contributed by atoms with Gasteiger partial charge in [0.15, 0.2) is 5.78 Å². The van der Waals surface area contributed by atoms with Crippen LogP contribution in [0.5, 0.6) is 0 Å².